The van der Waals surface area contributed by atoms with Gasteiger partial charge in [-0.15, -0.1) is 0 Å². The van der Waals surface area contributed by atoms with Gasteiger partial charge in [0.1, 0.15) is 0 Å². The summed E-state index contributed by atoms with van der Waals surface area (Å²) >= 11 is 0. The Morgan fingerprint density at radius 2 is 1.75 bits per heavy atom. The second kappa shape index (κ2) is 5.99. The summed E-state index contributed by atoms with van der Waals surface area (Å²) in [7, 11) is 0. The van der Waals surface area contributed by atoms with Crippen molar-refractivity contribution in [1.82, 2.24) is 10.2 Å². The van der Waals surface area contributed by atoms with Gasteiger partial charge in [-0.2, -0.15) is 0 Å². The highest BCUT2D eigenvalue weighted by Crippen LogP contribution is 2.22. The van der Waals surface area contributed by atoms with Gasteiger partial charge in [0.25, 0.3) is 0 Å². The van der Waals surface area contributed by atoms with Gasteiger partial charge in [0.05, 0.1) is 6.10 Å². The molecule has 0 aromatic carbocycles. The maximum Gasteiger partial charge on any atom is 0.0791 e. The number of aliphatic hydroxyl groups excluding tert-OH is 1. The van der Waals surface area contributed by atoms with Crippen LogP contribution in [0.25, 0.3) is 0 Å². The molecule has 0 aromatic heterocycles. The number of aliphatic hydroxyl groups is 1. The lowest BCUT2D eigenvalue weighted by Gasteiger charge is -2.31. The van der Waals surface area contributed by atoms with Crippen LogP contribution in [0.4, 0.5) is 0 Å². The minimum absolute atomic E-state index is 0.187. The van der Waals surface area contributed by atoms with E-state index in [1.54, 1.807) is 0 Å². The van der Waals surface area contributed by atoms with E-state index in [0.717, 1.165) is 25.7 Å². The molecule has 0 bridgehead atoms. The topological polar surface area (TPSA) is 35.5 Å². The lowest BCUT2D eigenvalue weighted by Crippen LogP contribution is -2.42. The summed E-state index contributed by atoms with van der Waals surface area (Å²) < 4.78 is 0. The lowest BCUT2D eigenvalue weighted by atomic mass is 10.1. The Hall–Kier alpha value is -0.120. The Balaban J connectivity index is 1.93. The van der Waals surface area contributed by atoms with Crippen LogP contribution in [0.15, 0.2) is 0 Å². The summed E-state index contributed by atoms with van der Waals surface area (Å²) in [4.78, 5) is 2.53. The van der Waals surface area contributed by atoms with Crippen LogP contribution >= 0.6 is 0 Å². The fourth-order valence-electron chi connectivity index (χ4n) is 3.08. The first-order valence-corrected chi connectivity index (χ1v) is 6.91. The summed E-state index contributed by atoms with van der Waals surface area (Å²) in [6, 6.07) is 1.24. The van der Waals surface area contributed by atoms with Crippen LogP contribution in [0.5, 0.6) is 0 Å². The molecular weight excluding hydrogens is 200 g/mol. The summed E-state index contributed by atoms with van der Waals surface area (Å²) in [5.74, 6) is 0. The molecule has 2 fully saturated rings. The first kappa shape index (κ1) is 12.3. The van der Waals surface area contributed by atoms with Crippen LogP contribution < -0.4 is 5.32 Å². The first-order chi connectivity index (χ1) is 7.75. The summed E-state index contributed by atoms with van der Waals surface area (Å²) in [5, 5.41) is 13.3. The third-order valence-electron chi connectivity index (χ3n) is 4.00. The molecule has 2 unspecified atom stereocenters. The van der Waals surface area contributed by atoms with Crippen molar-refractivity contribution in [3.63, 3.8) is 0 Å². The number of rotatable bonds is 1. The Labute approximate surface area is 99.2 Å². The molecule has 0 aromatic rings. The predicted molar refractivity (Wildman–Crippen MR) is 66.5 cm³/mol. The van der Waals surface area contributed by atoms with Crippen molar-refractivity contribution in [2.75, 3.05) is 19.6 Å². The predicted octanol–water partition coefficient (Wildman–Crippen LogP) is 1.36. The van der Waals surface area contributed by atoms with E-state index in [1.165, 1.54) is 38.5 Å². The molecule has 2 rings (SSSR count). The van der Waals surface area contributed by atoms with Crippen molar-refractivity contribution in [3.8, 4) is 0 Å². The van der Waals surface area contributed by atoms with Gasteiger partial charge in [0, 0.05) is 31.7 Å². The zero-order valence-corrected chi connectivity index (χ0v) is 10.5. The van der Waals surface area contributed by atoms with Gasteiger partial charge in [-0.1, -0.05) is 25.7 Å². The van der Waals surface area contributed by atoms with Crippen LogP contribution in [-0.4, -0.2) is 47.8 Å². The molecule has 2 atom stereocenters. The van der Waals surface area contributed by atoms with Gasteiger partial charge in [0.15, 0.2) is 0 Å². The smallest absolute Gasteiger partial charge is 0.0791 e. The monoisotopic (exact) mass is 226 g/mol. The third kappa shape index (κ3) is 3.44. The van der Waals surface area contributed by atoms with Crippen LogP contribution in [0, 0.1) is 0 Å². The largest absolute Gasteiger partial charge is 0.390 e. The fraction of sp³-hybridized carbons (Fsp3) is 1.00. The molecule has 0 amide bonds. The van der Waals surface area contributed by atoms with Crippen molar-refractivity contribution >= 4 is 0 Å². The summed E-state index contributed by atoms with van der Waals surface area (Å²) in [6.45, 7) is 4.94. The number of hydrogen-bond donors (Lipinski definition) is 2. The van der Waals surface area contributed by atoms with Gasteiger partial charge >= 0.3 is 0 Å². The molecule has 2 aliphatic rings. The van der Waals surface area contributed by atoms with Crippen molar-refractivity contribution in [3.05, 3.63) is 0 Å². The van der Waals surface area contributed by atoms with E-state index < -0.39 is 0 Å². The molecule has 94 valence electrons. The molecule has 1 heterocycles. The molecule has 1 aliphatic carbocycles. The van der Waals surface area contributed by atoms with Crippen molar-refractivity contribution < 1.29 is 5.11 Å². The molecule has 3 heteroatoms. The Morgan fingerprint density at radius 1 is 1.06 bits per heavy atom. The number of nitrogens with one attached hydrogen (secondary N) is 1. The second-order valence-corrected chi connectivity index (χ2v) is 5.56. The quantitative estimate of drug-likeness (QED) is 0.663. The zero-order valence-electron chi connectivity index (χ0n) is 10.5. The number of β-amino-alcohol motifs (C(OH)–C–C–N with tert-alkyl or cyclic N) is 1. The van der Waals surface area contributed by atoms with E-state index in [0.29, 0.717) is 6.04 Å². The van der Waals surface area contributed by atoms with Gasteiger partial charge in [-0.05, 0) is 19.8 Å². The SMILES string of the molecule is CC1CN(C2CCCCCC2)CC(O)CN1. The maximum atomic E-state index is 9.87. The Bertz CT molecular complexity index is 190. The van der Waals surface area contributed by atoms with Gasteiger partial charge in [0.2, 0.25) is 0 Å². The van der Waals surface area contributed by atoms with Crippen molar-refractivity contribution in [2.45, 2.75) is 63.6 Å². The third-order valence-corrected chi connectivity index (χ3v) is 4.00. The molecular formula is C13H26N2O. The fourth-order valence-corrected chi connectivity index (χ4v) is 3.08. The Morgan fingerprint density at radius 3 is 2.44 bits per heavy atom. The standard InChI is InChI=1S/C13H26N2O/c1-11-9-15(10-13(16)8-14-11)12-6-4-2-3-5-7-12/h11-14,16H,2-10H2,1H3. The maximum absolute atomic E-state index is 9.87. The molecule has 2 N–H and O–H groups in total. The molecule has 1 saturated carbocycles. The van der Waals surface area contributed by atoms with Crippen LogP contribution in [0.2, 0.25) is 0 Å². The average molecular weight is 226 g/mol. The van der Waals surface area contributed by atoms with E-state index in [2.05, 4.69) is 17.1 Å². The van der Waals surface area contributed by atoms with Crippen molar-refractivity contribution in [1.29, 1.82) is 0 Å². The highest BCUT2D eigenvalue weighted by atomic mass is 16.3. The first-order valence-electron chi connectivity index (χ1n) is 6.91. The van der Waals surface area contributed by atoms with Crippen LogP contribution in [0.3, 0.4) is 0 Å². The van der Waals surface area contributed by atoms with Crippen LogP contribution in [0.1, 0.15) is 45.4 Å². The van der Waals surface area contributed by atoms with Crippen molar-refractivity contribution in [2.24, 2.45) is 0 Å². The van der Waals surface area contributed by atoms with E-state index in [1.807, 2.05) is 0 Å². The van der Waals surface area contributed by atoms with E-state index in [-0.39, 0.29) is 6.10 Å². The molecule has 16 heavy (non-hydrogen) atoms. The normalized spacial score (nSPS) is 35.6. The molecule has 0 radical (unpaired) electrons. The molecule has 1 aliphatic heterocycles. The minimum atomic E-state index is -0.187. The number of hydrogen-bond acceptors (Lipinski definition) is 3. The summed E-state index contributed by atoms with van der Waals surface area (Å²) in [5.41, 5.74) is 0. The second-order valence-electron chi connectivity index (χ2n) is 5.56. The van der Waals surface area contributed by atoms with E-state index in [9.17, 15) is 5.11 Å². The summed E-state index contributed by atoms with van der Waals surface area (Å²) in [6.07, 6.45) is 8.03. The molecule has 1 saturated heterocycles. The minimum Gasteiger partial charge on any atom is -0.390 e. The highest BCUT2D eigenvalue weighted by molar-refractivity contribution is 4.83. The van der Waals surface area contributed by atoms with Gasteiger partial charge in [-0.25, -0.2) is 0 Å². The number of nitrogens with zero attached hydrogens (tertiary/aromatic N) is 1. The molecule has 0 spiro atoms. The van der Waals surface area contributed by atoms with Gasteiger partial charge < -0.3 is 10.4 Å². The molecule has 3 nitrogen and oxygen atoms in total. The zero-order chi connectivity index (χ0) is 11.4. The highest BCUT2D eigenvalue weighted by Gasteiger charge is 2.26. The van der Waals surface area contributed by atoms with Gasteiger partial charge in [-0.3, -0.25) is 4.90 Å². The van der Waals surface area contributed by atoms with E-state index >= 15 is 0 Å². The lowest BCUT2D eigenvalue weighted by molar-refractivity contribution is 0.0979. The van der Waals surface area contributed by atoms with E-state index in [4.69, 9.17) is 0 Å². The Kier molecular flexibility index (Phi) is 4.62. The van der Waals surface area contributed by atoms with Crippen LogP contribution in [-0.2, 0) is 0 Å². The average Bonchev–Trinajstić information content (AvgIpc) is 2.60.